The lowest BCUT2D eigenvalue weighted by Gasteiger charge is -2.06. The number of thiophene rings is 1. The normalized spacial score (nSPS) is 10.6. The topological polar surface area (TPSA) is 98.5 Å². The van der Waals surface area contributed by atoms with Gasteiger partial charge in [0, 0.05) is 22.6 Å². The van der Waals surface area contributed by atoms with Crippen molar-refractivity contribution in [3.63, 3.8) is 0 Å². The number of carbonyl (C=O) groups is 2. The van der Waals surface area contributed by atoms with Crippen LogP contribution in [0.5, 0.6) is 0 Å². The van der Waals surface area contributed by atoms with Crippen LogP contribution in [0.4, 0.5) is 10.7 Å². The van der Waals surface area contributed by atoms with Gasteiger partial charge >= 0.3 is 5.97 Å². The number of nitro groups is 1. The molecule has 0 saturated heterocycles. The molecule has 0 aliphatic rings. The minimum Gasteiger partial charge on any atom is -0.462 e. The number of ether oxygens (including phenoxy) is 1. The van der Waals surface area contributed by atoms with Gasteiger partial charge in [0.15, 0.2) is 0 Å². The SMILES string of the molecule is CCOC(=O)c1cc(C(C)C)sc1NC(=O)c1ccc([N+](=O)[O-])cc1. The Morgan fingerprint density at radius 3 is 2.44 bits per heavy atom. The zero-order valence-corrected chi connectivity index (χ0v) is 14.9. The van der Waals surface area contributed by atoms with E-state index >= 15 is 0 Å². The summed E-state index contributed by atoms with van der Waals surface area (Å²) in [5, 5.41) is 13.8. The summed E-state index contributed by atoms with van der Waals surface area (Å²) in [6.45, 7) is 5.93. The Bertz CT molecular complexity index is 796. The largest absolute Gasteiger partial charge is 0.462 e. The molecule has 1 aromatic heterocycles. The van der Waals surface area contributed by atoms with Gasteiger partial charge < -0.3 is 10.1 Å². The van der Waals surface area contributed by atoms with E-state index in [9.17, 15) is 19.7 Å². The highest BCUT2D eigenvalue weighted by Gasteiger charge is 2.21. The van der Waals surface area contributed by atoms with Gasteiger partial charge in [0.1, 0.15) is 5.00 Å². The number of carbonyl (C=O) groups excluding carboxylic acids is 2. The Kier molecular flexibility index (Phi) is 5.87. The monoisotopic (exact) mass is 362 g/mol. The number of nitrogens with one attached hydrogen (secondary N) is 1. The van der Waals surface area contributed by atoms with Gasteiger partial charge in [-0.3, -0.25) is 14.9 Å². The van der Waals surface area contributed by atoms with E-state index in [0.29, 0.717) is 10.6 Å². The van der Waals surface area contributed by atoms with Crippen LogP contribution in [0.2, 0.25) is 0 Å². The zero-order chi connectivity index (χ0) is 18.6. The highest BCUT2D eigenvalue weighted by Crippen LogP contribution is 2.33. The Morgan fingerprint density at radius 1 is 1.28 bits per heavy atom. The number of anilines is 1. The number of benzene rings is 1. The van der Waals surface area contributed by atoms with Crippen molar-refractivity contribution in [2.24, 2.45) is 0 Å². The number of hydrogen-bond acceptors (Lipinski definition) is 6. The van der Waals surface area contributed by atoms with Crippen molar-refractivity contribution in [2.75, 3.05) is 11.9 Å². The molecule has 0 radical (unpaired) electrons. The van der Waals surface area contributed by atoms with E-state index in [0.717, 1.165) is 4.88 Å². The van der Waals surface area contributed by atoms with Gasteiger partial charge in [-0.15, -0.1) is 11.3 Å². The van der Waals surface area contributed by atoms with Crippen LogP contribution < -0.4 is 5.32 Å². The fourth-order valence-electron chi connectivity index (χ4n) is 2.06. The molecule has 1 N–H and O–H groups in total. The minimum absolute atomic E-state index is 0.0954. The quantitative estimate of drug-likeness (QED) is 0.471. The van der Waals surface area contributed by atoms with E-state index in [1.807, 2.05) is 13.8 Å². The molecular formula is C17H18N2O5S. The average molecular weight is 362 g/mol. The summed E-state index contributed by atoms with van der Waals surface area (Å²) in [6.07, 6.45) is 0. The van der Waals surface area contributed by atoms with Gasteiger partial charge in [0.2, 0.25) is 0 Å². The Hall–Kier alpha value is -2.74. The maximum atomic E-state index is 12.4. The summed E-state index contributed by atoms with van der Waals surface area (Å²) >= 11 is 1.31. The number of rotatable bonds is 6. The second-order valence-corrected chi connectivity index (χ2v) is 6.61. The van der Waals surface area contributed by atoms with E-state index in [2.05, 4.69) is 5.32 Å². The first-order chi connectivity index (χ1) is 11.8. The summed E-state index contributed by atoms with van der Waals surface area (Å²) in [6, 6.07) is 6.98. The van der Waals surface area contributed by atoms with E-state index in [1.54, 1.807) is 13.0 Å². The maximum absolute atomic E-state index is 12.4. The molecule has 1 aromatic carbocycles. The van der Waals surface area contributed by atoms with Crippen LogP contribution in [-0.2, 0) is 4.74 Å². The zero-order valence-electron chi connectivity index (χ0n) is 14.1. The molecule has 0 saturated carbocycles. The Morgan fingerprint density at radius 2 is 1.92 bits per heavy atom. The van der Waals surface area contributed by atoms with Crippen molar-refractivity contribution in [1.82, 2.24) is 0 Å². The first-order valence-electron chi connectivity index (χ1n) is 7.70. The van der Waals surface area contributed by atoms with Gasteiger partial charge in [-0.05, 0) is 31.0 Å². The van der Waals surface area contributed by atoms with Crippen LogP contribution >= 0.6 is 11.3 Å². The molecule has 0 fully saturated rings. The van der Waals surface area contributed by atoms with Crippen molar-refractivity contribution >= 4 is 33.9 Å². The number of nitro benzene ring substituents is 1. The molecule has 2 aromatic rings. The number of amides is 1. The lowest BCUT2D eigenvalue weighted by Crippen LogP contribution is -2.14. The number of nitrogens with zero attached hydrogens (tertiary/aromatic N) is 1. The van der Waals surface area contributed by atoms with E-state index in [4.69, 9.17) is 4.74 Å². The molecule has 0 bridgehead atoms. The molecule has 25 heavy (non-hydrogen) atoms. The van der Waals surface area contributed by atoms with Crippen molar-refractivity contribution in [2.45, 2.75) is 26.7 Å². The van der Waals surface area contributed by atoms with Gasteiger partial charge in [-0.25, -0.2) is 4.79 Å². The molecular weight excluding hydrogens is 344 g/mol. The molecule has 0 aliphatic heterocycles. The lowest BCUT2D eigenvalue weighted by atomic mass is 10.1. The van der Waals surface area contributed by atoms with E-state index < -0.39 is 16.8 Å². The predicted octanol–water partition coefficient (Wildman–Crippen LogP) is 4.21. The molecule has 1 amide bonds. The molecule has 132 valence electrons. The smallest absolute Gasteiger partial charge is 0.341 e. The molecule has 0 unspecified atom stereocenters. The second kappa shape index (κ2) is 7.89. The van der Waals surface area contributed by atoms with Crippen LogP contribution in [0.3, 0.4) is 0 Å². The average Bonchev–Trinajstić information content (AvgIpc) is 2.99. The van der Waals surface area contributed by atoms with E-state index in [1.165, 1.54) is 35.6 Å². The molecule has 0 aliphatic carbocycles. The molecule has 7 nitrogen and oxygen atoms in total. The third kappa shape index (κ3) is 4.42. The van der Waals surface area contributed by atoms with Crippen LogP contribution in [-0.4, -0.2) is 23.4 Å². The Labute approximate surface area is 148 Å². The first kappa shape index (κ1) is 18.6. The van der Waals surface area contributed by atoms with Crippen molar-refractivity contribution in [3.05, 3.63) is 56.5 Å². The fourth-order valence-corrected chi connectivity index (χ4v) is 3.10. The number of non-ortho nitro benzene ring substituents is 1. The molecule has 0 spiro atoms. The van der Waals surface area contributed by atoms with Gasteiger partial charge in [-0.1, -0.05) is 13.8 Å². The summed E-state index contributed by atoms with van der Waals surface area (Å²) in [5.74, 6) is -0.745. The van der Waals surface area contributed by atoms with Crippen molar-refractivity contribution in [1.29, 1.82) is 0 Å². The van der Waals surface area contributed by atoms with Gasteiger partial charge in [-0.2, -0.15) is 0 Å². The Balaban J connectivity index is 2.27. The summed E-state index contributed by atoms with van der Waals surface area (Å²) < 4.78 is 5.03. The highest BCUT2D eigenvalue weighted by atomic mass is 32.1. The minimum atomic E-state index is -0.533. The molecule has 1 heterocycles. The van der Waals surface area contributed by atoms with Gasteiger partial charge in [0.05, 0.1) is 17.1 Å². The standard InChI is InChI=1S/C17H18N2O5S/c1-4-24-17(21)13-9-14(10(2)3)25-16(13)18-15(20)11-5-7-12(8-6-11)19(22)23/h5-10H,4H2,1-3H3,(H,18,20). The van der Waals surface area contributed by atoms with E-state index in [-0.39, 0.29) is 23.8 Å². The van der Waals surface area contributed by atoms with Crippen molar-refractivity contribution in [3.8, 4) is 0 Å². The summed E-state index contributed by atoms with van der Waals surface area (Å²) in [4.78, 5) is 35.6. The molecule has 2 rings (SSSR count). The van der Waals surface area contributed by atoms with Crippen LogP contribution in [0.1, 0.15) is 52.3 Å². The number of hydrogen-bond donors (Lipinski definition) is 1. The lowest BCUT2D eigenvalue weighted by molar-refractivity contribution is -0.384. The van der Waals surface area contributed by atoms with Crippen LogP contribution in [0.25, 0.3) is 0 Å². The molecule has 8 heteroatoms. The molecule has 0 atom stereocenters. The maximum Gasteiger partial charge on any atom is 0.341 e. The summed E-state index contributed by atoms with van der Waals surface area (Å²) in [5.41, 5.74) is 0.479. The third-order valence-corrected chi connectivity index (χ3v) is 4.73. The first-order valence-corrected chi connectivity index (χ1v) is 8.51. The number of esters is 1. The van der Waals surface area contributed by atoms with Crippen LogP contribution in [0.15, 0.2) is 30.3 Å². The fraction of sp³-hybridized carbons (Fsp3) is 0.294. The van der Waals surface area contributed by atoms with Gasteiger partial charge in [0.25, 0.3) is 11.6 Å². The summed E-state index contributed by atoms with van der Waals surface area (Å²) in [7, 11) is 0. The highest BCUT2D eigenvalue weighted by molar-refractivity contribution is 7.16. The predicted molar refractivity (Wildman–Crippen MR) is 95.4 cm³/mol. The van der Waals surface area contributed by atoms with Crippen LogP contribution in [0, 0.1) is 10.1 Å². The van der Waals surface area contributed by atoms with Crippen molar-refractivity contribution < 1.29 is 19.2 Å². The third-order valence-electron chi connectivity index (χ3n) is 3.38. The second-order valence-electron chi connectivity index (χ2n) is 5.52.